The Kier molecular flexibility index (Phi) is 5.96. The molecule has 1 amide bonds. The first-order valence-electron chi connectivity index (χ1n) is 7.43. The monoisotopic (exact) mass is 353 g/mol. The molecule has 0 bridgehead atoms. The molecule has 7 heteroatoms. The van der Waals surface area contributed by atoms with Crippen LogP contribution in [-0.4, -0.2) is 28.0 Å². The summed E-state index contributed by atoms with van der Waals surface area (Å²) in [5.41, 5.74) is 2.65. The van der Waals surface area contributed by atoms with E-state index in [1.807, 2.05) is 23.9 Å². The zero-order chi connectivity index (χ0) is 17.0. The van der Waals surface area contributed by atoms with Crippen molar-refractivity contribution in [1.82, 2.24) is 15.1 Å². The number of carbonyl (C=O) groups is 2. The number of rotatable bonds is 7. The molecule has 2 heterocycles. The standard InChI is InChI=1S/C16H20ClN3O2S/c1-10-16(17)11(2)20(19-10)6-4-5-18-15(22)8-13-7-14(12(3)21)23-9-13/h7,9H,4-6,8H2,1-3H3,(H,18,22). The van der Waals surface area contributed by atoms with E-state index in [2.05, 4.69) is 10.4 Å². The van der Waals surface area contributed by atoms with Gasteiger partial charge < -0.3 is 5.32 Å². The molecule has 0 aliphatic carbocycles. The highest BCUT2D eigenvalue weighted by molar-refractivity contribution is 7.12. The Morgan fingerprint density at radius 1 is 1.39 bits per heavy atom. The van der Waals surface area contributed by atoms with E-state index in [-0.39, 0.29) is 11.7 Å². The minimum Gasteiger partial charge on any atom is -0.356 e. The molecule has 2 rings (SSSR count). The van der Waals surface area contributed by atoms with Crippen LogP contribution in [0.25, 0.3) is 0 Å². The van der Waals surface area contributed by atoms with E-state index in [1.165, 1.54) is 18.3 Å². The maximum atomic E-state index is 11.9. The van der Waals surface area contributed by atoms with Crippen LogP contribution in [-0.2, 0) is 17.8 Å². The first-order valence-corrected chi connectivity index (χ1v) is 8.68. The van der Waals surface area contributed by atoms with Crippen molar-refractivity contribution < 1.29 is 9.59 Å². The van der Waals surface area contributed by atoms with Crippen molar-refractivity contribution in [2.45, 2.75) is 40.2 Å². The molecule has 2 aromatic rings. The van der Waals surface area contributed by atoms with Crippen LogP contribution in [0.1, 0.15) is 40.0 Å². The third-order valence-electron chi connectivity index (χ3n) is 3.53. The third-order valence-corrected chi connectivity index (χ3v) is 5.15. The molecule has 0 unspecified atom stereocenters. The van der Waals surface area contributed by atoms with Gasteiger partial charge in [0.15, 0.2) is 5.78 Å². The smallest absolute Gasteiger partial charge is 0.224 e. The fraction of sp³-hybridized carbons (Fsp3) is 0.438. The van der Waals surface area contributed by atoms with Gasteiger partial charge in [-0.3, -0.25) is 14.3 Å². The van der Waals surface area contributed by atoms with Gasteiger partial charge in [0.2, 0.25) is 5.91 Å². The minimum atomic E-state index is -0.0377. The molecule has 0 radical (unpaired) electrons. The van der Waals surface area contributed by atoms with Gasteiger partial charge in [-0.25, -0.2) is 0 Å². The highest BCUT2D eigenvalue weighted by Gasteiger charge is 2.10. The number of aromatic nitrogens is 2. The number of aryl methyl sites for hydroxylation is 2. The van der Waals surface area contributed by atoms with E-state index in [0.717, 1.165) is 23.4 Å². The number of hydrogen-bond acceptors (Lipinski definition) is 4. The Balaban J connectivity index is 1.74. The van der Waals surface area contributed by atoms with Crippen molar-refractivity contribution in [3.63, 3.8) is 0 Å². The largest absolute Gasteiger partial charge is 0.356 e. The summed E-state index contributed by atoms with van der Waals surface area (Å²) in [6, 6.07) is 1.78. The van der Waals surface area contributed by atoms with Gasteiger partial charge in [-0.2, -0.15) is 5.10 Å². The number of amides is 1. The van der Waals surface area contributed by atoms with E-state index in [0.29, 0.717) is 29.4 Å². The number of carbonyl (C=O) groups excluding carboxylic acids is 2. The zero-order valence-corrected chi connectivity index (χ0v) is 15.1. The molecular weight excluding hydrogens is 334 g/mol. The van der Waals surface area contributed by atoms with Crippen LogP contribution in [0.4, 0.5) is 0 Å². The zero-order valence-electron chi connectivity index (χ0n) is 13.5. The first-order chi connectivity index (χ1) is 10.9. The maximum Gasteiger partial charge on any atom is 0.224 e. The fourth-order valence-electron chi connectivity index (χ4n) is 2.25. The highest BCUT2D eigenvalue weighted by atomic mass is 35.5. The molecule has 1 N–H and O–H groups in total. The van der Waals surface area contributed by atoms with Gasteiger partial charge in [-0.05, 0) is 44.2 Å². The Hall–Kier alpha value is -1.66. The Morgan fingerprint density at radius 2 is 2.13 bits per heavy atom. The van der Waals surface area contributed by atoms with Crippen LogP contribution >= 0.6 is 22.9 Å². The number of nitrogens with one attached hydrogen (secondary N) is 1. The quantitative estimate of drug-likeness (QED) is 0.614. The first kappa shape index (κ1) is 17.7. The van der Waals surface area contributed by atoms with Crippen LogP contribution in [0.2, 0.25) is 5.02 Å². The summed E-state index contributed by atoms with van der Waals surface area (Å²) in [4.78, 5) is 23.8. The second kappa shape index (κ2) is 7.75. The van der Waals surface area contributed by atoms with Gasteiger partial charge in [-0.15, -0.1) is 11.3 Å². The summed E-state index contributed by atoms with van der Waals surface area (Å²) in [5.74, 6) is -0.00509. The van der Waals surface area contributed by atoms with Crippen LogP contribution in [0.15, 0.2) is 11.4 Å². The summed E-state index contributed by atoms with van der Waals surface area (Å²) in [5, 5.41) is 9.80. The highest BCUT2D eigenvalue weighted by Crippen LogP contribution is 2.19. The lowest BCUT2D eigenvalue weighted by molar-refractivity contribution is -0.120. The van der Waals surface area contributed by atoms with E-state index < -0.39 is 0 Å². The molecule has 0 saturated heterocycles. The van der Waals surface area contributed by atoms with E-state index in [4.69, 9.17) is 11.6 Å². The average Bonchev–Trinajstić information content (AvgIpc) is 3.05. The number of hydrogen-bond donors (Lipinski definition) is 1. The molecule has 0 spiro atoms. The number of ketones is 1. The Labute approximate surface area is 144 Å². The fourth-order valence-corrected chi connectivity index (χ4v) is 3.20. The molecule has 124 valence electrons. The lowest BCUT2D eigenvalue weighted by Gasteiger charge is -2.06. The predicted octanol–water partition coefficient (Wildman–Crippen LogP) is 3.17. The second-order valence-electron chi connectivity index (χ2n) is 5.46. The number of halogens is 1. The van der Waals surface area contributed by atoms with Gasteiger partial charge in [0, 0.05) is 13.1 Å². The van der Waals surface area contributed by atoms with Crippen LogP contribution < -0.4 is 5.32 Å². The number of Topliss-reactive ketones (excluding diaryl/α,β-unsaturated/α-hetero) is 1. The normalized spacial score (nSPS) is 10.8. The maximum absolute atomic E-state index is 11.9. The van der Waals surface area contributed by atoms with E-state index in [1.54, 1.807) is 6.07 Å². The van der Waals surface area contributed by atoms with Gasteiger partial charge >= 0.3 is 0 Å². The Bertz CT molecular complexity index is 721. The molecule has 2 aromatic heterocycles. The SMILES string of the molecule is CC(=O)c1cc(CC(=O)NCCCn2nc(C)c(Cl)c2C)cs1. The molecule has 0 fully saturated rings. The molecule has 0 aliphatic heterocycles. The predicted molar refractivity (Wildman–Crippen MR) is 92.4 cm³/mol. The lowest BCUT2D eigenvalue weighted by atomic mass is 10.2. The summed E-state index contributed by atoms with van der Waals surface area (Å²) in [7, 11) is 0. The van der Waals surface area contributed by atoms with E-state index in [9.17, 15) is 9.59 Å². The molecule has 0 atom stereocenters. The van der Waals surface area contributed by atoms with Crippen molar-refractivity contribution in [3.05, 3.63) is 38.3 Å². The van der Waals surface area contributed by atoms with Crippen molar-refractivity contribution in [2.75, 3.05) is 6.54 Å². The van der Waals surface area contributed by atoms with Crippen molar-refractivity contribution >= 4 is 34.6 Å². The Morgan fingerprint density at radius 3 is 2.70 bits per heavy atom. The summed E-state index contributed by atoms with van der Waals surface area (Å²) >= 11 is 7.48. The molecule has 0 aromatic carbocycles. The summed E-state index contributed by atoms with van der Waals surface area (Å²) in [6.07, 6.45) is 1.09. The molecule has 5 nitrogen and oxygen atoms in total. The molecular formula is C16H20ClN3O2S. The van der Waals surface area contributed by atoms with Crippen LogP contribution in [0.3, 0.4) is 0 Å². The third kappa shape index (κ3) is 4.65. The van der Waals surface area contributed by atoms with Gasteiger partial charge in [-0.1, -0.05) is 11.6 Å². The summed E-state index contributed by atoms with van der Waals surface area (Å²) < 4.78 is 1.86. The van der Waals surface area contributed by atoms with Gasteiger partial charge in [0.1, 0.15) is 0 Å². The second-order valence-corrected chi connectivity index (χ2v) is 6.75. The van der Waals surface area contributed by atoms with E-state index >= 15 is 0 Å². The van der Waals surface area contributed by atoms with Crippen LogP contribution in [0, 0.1) is 13.8 Å². The number of nitrogens with zero attached hydrogens (tertiary/aromatic N) is 2. The average molecular weight is 354 g/mol. The topological polar surface area (TPSA) is 64.0 Å². The summed E-state index contributed by atoms with van der Waals surface area (Å²) in [6.45, 7) is 6.64. The van der Waals surface area contributed by atoms with Crippen molar-refractivity contribution in [2.24, 2.45) is 0 Å². The van der Waals surface area contributed by atoms with Crippen molar-refractivity contribution in [1.29, 1.82) is 0 Å². The molecule has 0 aliphatic rings. The van der Waals surface area contributed by atoms with Crippen LogP contribution in [0.5, 0.6) is 0 Å². The minimum absolute atomic E-state index is 0.0326. The number of thiophene rings is 1. The molecule has 0 saturated carbocycles. The molecule has 23 heavy (non-hydrogen) atoms. The van der Waals surface area contributed by atoms with Gasteiger partial charge in [0.05, 0.1) is 27.7 Å². The van der Waals surface area contributed by atoms with Gasteiger partial charge in [0.25, 0.3) is 0 Å². The lowest BCUT2D eigenvalue weighted by Crippen LogP contribution is -2.26. The van der Waals surface area contributed by atoms with Crippen molar-refractivity contribution in [3.8, 4) is 0 Å².